The van der Waals surface area contributed by atoms with Crippen LogP contribution in [0.25, 0.3) is 0 Å². The highest BCUT2D eigenvalue weighted by atomic mass is 19.1. The zero-order valence-corrected chi connectivity index (χ0v) is 16.8. The van der Waals surface area contributed by atoms with Gasteiger partial charge in [-0.15, -0.1) is 0 Å². The summed E-state index contributed by atoms with van der Waals surface area (Å²) in [6.45, 7) is 4.30. The number of hydrogen-bond acceptors (Lipinski definition) is 6. The number of carbonyl (C=O) groups excluding carboxylic acids is 2. The second-order valence-electron chi connectivity index (χ2n) is 7.83. The molecule has 2 aliphatic rings. The average molecular weight is 415 g/mol. The normalized spacial score (nSPS) is 20.4. The van der Waals surface area contributed by atoms with E-state index in [9.17, 15) is 14.0 Å². The Balaban J connectivity index is 1.31. The minimum Gasteiger partial charge on any atom is -0.447 e. The predicted octanol–water partition coefficient (Wildman–Crippen LogP) is 1.47. The van der Waals surface area contributed by atoms with Gasteiger partial charge >= 0.3 is 0 Å². The highest BCUT2D eigenvalue weighted by molar-refractivity contribution is 5.92. The van der Waals surface area contributed by atoms with Gasteiger partial charge in [0.15, 0.2) is 5.69 Å². The van der Waals surface area contributed by atoms with Crippen LogP contribution in [0.15, 0.2) is 34.9 Å². The first-order valence-electron chi connectivity index (χ1n) is 10.3. The van der Waals surface area contributed by atoms with Crippen molar-refractivity contribution in [2.75, 3.05) is 44.2 Å². The summed E-state index contributed by atoms with van der Waals surface area (Å²) in [5.41, 5.74) is 6.26. The Labute approximate surface area is 174 Å². The molecule has 8 nitrogen and oxygen atoms in total. The molecule has 2 saturated heterocycles. The van der Waals surface area contributed by atoms with Crippen LogP contribution in [-0.2, 0) is 11.3 Å². The minimum absolute atomic E-state index is 0.210. The molecule has 2 aromatic rings. The zero-order chi connectivity index (χ0) is 21.1. The number of amides is 2. The van der Waals surface area contributed by atoms with Gasteiger partial charge in [0, 0.05) is 39.3 Å². The molecular formula is C21H26FN5O3. The smallest absolute Gasteiger partial charge is 0.275 e. The van der Waals surface area contributed by atoms with Crippen LogP contribution in [0.5, 0.6) is 0 Å². The quantitative estimate of drug-likeness (QED) is 0.795. The summed E-state index contributed by atoms with van der Waals surface area (Å²) in [6, 6.07) is 6.79. The molecule has 0 spiro atoms. The molecule has 0 aliphatic carbocycles. The number of halogens is 1. The number of hydrogen-bond donors (Lipinski definition) is 1. The van der Waals surface area contributed by atoms with E-state index in [4.69, 9.17) is 10.2 Å². The summed E-state index contributed by atoms with van der Waals surface area (Å²) in [6.07, 6.45) is 2.83. The Bertz CT molecular complexity index is 910. The van der Waals surface area contributed by atoms with Crippen molar-refractivity contribution in [2.45, 2.75) is 19.4 Å². The molecule has 4 rings (SSSR count). The maximum absolute atomic E-state index is 14.0. The third-order valence-corrected chi connectivity index (χ3v) is 5.81. The molecule has 1 aromatic carbocycles. The molecule has 9 heteroatoms. The van der Waals surface area contributed by atoms with Gasteiger partial charge in [-0.25, -0.2) is 9.37 Å². The van der Waals surface area contributed by atoms with E-state index in [1.54, 1.807) is 17.0 Å². The number of likely N-dealkylation sites (tertiary alicyclic amines) is 1. The number of rotatable bonds is 5. The molecule has 2 amide bonds. The first-order valence-corrected chi connectivity index (χ1v) is 10.3. The van der Waals surface area contributed by atoms with E-state index in [2.05, 4.69) is 9.88 Å². The van der Waals surface area contributed by atoms with Crippen molar-refractivity contribution in [2.24, 2.45) is 11.7 Å². The van der Waals surface area contributed by atoms with Crippen LogP contribution in [0.2, 0.25) is 0 Å². The van der Waals surface area contributed by atoms with Gasteiger partial charge in [0.05, 0.1) is 18.2 Å². The van der Waals surface area contributed by atoms with Gasteiger partial charge in [-0.3, -0.25) is 14.5 Å². The molecule has 1 atom stereocenters. The van der Waals surface area contributed by atoms with Crippen LogP contribution in [0.1, 0.15) is 29.2 Å². The van der Waals surface area contributed by atoms with Gasteiger partial charge in [-0.05, 0) is 25.0 Å². The van der Waals surface area contributed by atoms with Crippen LogP contribution in [0, 0.1) is 11.7 Å². The maximum atomic E-state index is 14.0. The third-order valence-electron chi connectivity index (χ3n) is 5.81. The van der Waals surface area contributed by atoms with Crippen LogP contribution in [0.4, 0.5) is 10.1 Å². The van der Waals surface area contributed by atoms with Crippen molar-refractivity contribution in [1.82, 2.24) is 14.8 Å². The number of aromatic nitrogens is 1. The van der Waals surface area contributed by atoms with Crippen molar-refractivity contribution in [1.29, 1.82) is 0 Å². The fourth-order valence-electron chi connectivity index (χ4n) is 4.08. The van der Waals surface area contributed by atoms with Gasteiger partial charge in [0.2, 0.25) is 11.8 Å². The molecule has 2 fully saturated rings. The van der Waals surface area contributed by atoms with Crippen LogP contribution < -0.4 is 10.6 Å². The number of anilines is 1. The number of piperidine rings is 1. The van der Waals surface area contributed by atoms with E-state index < -0.39 is 0 Å². The number of primary amides is 1. The second kappa shape index (κ2) is 8.83. The molecule has 0 bridgehead atoms. The highest BCUT2D eigenvalue weighted by Crippen LogP contribution is 2.21. The minimum atomic E-state index is -0.372. The van der Waals surface area contributed by atoms with Gasteiger partial charge in [-0.1, -0.05) is 12.1 Å². The van der Waals surface area contributed by atoms with E-state index >= 15 is 0 Å². The summed E-state index contributed by atoms with van der Waals surface area (Å²) >= 11 is 0. The summed E-state index contributed by atoms with van der Waals surface area (Å²) < 4.78 is 19.5. The lowest BCUT2D eigenvalue weighted by atomic mass is 9.97. The molecular weight excluding hydrogens is 389 g/mol. The van der Waals surface area contributed by atoms with E-state index in [0.29, 0.717) is 50.7 Å². The molecule has 160 valence electrons. The monoisotopic (exact) mass is 415 g/mol. The van der Waals surface area contributed by atoms with Crippen LogP contribution in [0.3, 0.4) is 0 Å². The Morgan fingerprint density at radius 3 is 2.67 bits per heavy atom. The predicted molar refractivity (Wildman–Crippen MR) is 108 cm³/mol. The Hall–Kier alpha value is -2.94. The summed E-state index contributed by atoms with van der Waals surface area (Å²) in [7, 11) is 0. The number of oxazole rings is 1. The first-order chi connectivity index (χ1) is 14.5. The molecule has 0 saturated carbocycles. The van der Waals surface area contributed by atoms with Gasteiger partial charge in [0.1, 0.15) is 12.1 Å². The van der Waals surface area contributed by atoms with Gasteiger partial charge in [0.25, 0.3) is 5.91 Å². The fraction of sp³-hybridized carbons (Fsp3) is 0.476. The molecule has 30 heavy (non-hydrogen) atoms. The number of nitrogens with zero attached hydrogens (tertiary/aromatic N) is 4. The van der Waals surface area contributed by atoms with E-state index in [1.807, 2.05) is 11.0 Å². The SMILES string of the molecule is NC(=O)[C@@H]1CCCN(C(=O)c2coc(CN3CCN(c4ccccc4F)CC3)n2)C1. The summed E-state index contributed by atoms with van der Waals surface area (Å²) in [4.78, 5) is 34.3. The molecule has 2 N–H and O–H groups in total. The lowest BCUT2D eigenvalue weighted by Crippen LogP contribution is -2.46. The Kier molecular flexibility index (Phi) is 5.98. The first kappa shape index (κ1) is 20.3. The fourth-order valence-corrected chi connectivity index (χ4v) is 4.08. The van der Waals surface area contributed by atoms with Gasteiger partial charge < -0.3 is 20.0 Å². The van der Waals surface area contributed by atoms with Crippen molar-refractivity contribution in [3.05, 3.63) is 47.9 Å². The molecule has 3 heterocycles. The van der Waals surface area contributed by atoms with Crippen molar-refractivity contribution >= 4 is 17.5 Å². The van der Waals surface area contributed by atoms with E-state index in [-0.39, 0.29) is 29.2 Å². The number of carbonyl (C=O) groups is 2. The summed E-state index contributed by atoms with van der Waals surface area (Å²) in [5, 5.41) is 0. The van der Waals surface area contributed by atoms with Crippen LogP contribution in [-0.4, -0.2) is 65.9 Å². The largest absolute Gasteiger partial charge is 0.447 e. The van der Waals surface area contributed by atoms with Crippen molar-refractivity contribution in [3.63, 3.8) is 0 Å². The van der Waals surface area contributed by atoms with E-state index in [0.717, 1.165) is 19.5 Å². The summed E-state index contributed by atoms with van der Waals surface area (Å²) in [5.74, 6) is -0.651. The highest BCUT2D eigenvalue weighted by Gasteiger charge is 2.29. The molecule has 0 radical (unpaired) electrons. The lowest BCUT2D eigenvalue weighted by Gasteiger charge is -2.35. The standard InChI is InChI=1S/C21H26FN5O3/c22-16-5-1-2-6-18(16)26-10-8-25(9-11-26)13-19-24-17(14-30-19)21(29)27-7-3-4-15(12-27)20(23)28/h1-2,5-6,14-15H,3-4,7-13H2,(H2,23,28)/t15-/m1/s1. The number of nitrogens with two attached hydrogens (primary N) is 1. The third kappa shape index (κ3) is 4.46. The zero-order valence-electron chi connectivity index (χ0n) is 16.8. The molecule has 2 aliphatic heterocycles. The molecule has 0 unspecified atom stereocenters. The Morgan fingerprint density at radius 1 is 1.17 bits per heavy atom. The van der Waals surface area contributed by atoms with Crippen LogP contribution >= 0.6 is 0 Å². The Morgan fingerprint density at radius 2 is 1.93 bits per heavy atom. The average Bonchev–Trinajstić information content (AvgIpc) is 3.23. The maximum Gasteiger partial charge on any atom is 0.275 e. The van der Waals surface area contributed by atoms with E-state index in [1.165, 1.54) is 12.3 Å². The number of para-hydroxylation sites is 1. The van der Waals surface area contributed by atoms with Crippen molar-refractivity contribution < 1.29 is 18.4 Å². The topological polar surface area (TPSA) is 95.9 Å². The number of benzene rings is 1. The molecule has 1 aromatic heterocycles. The lowest BCUT2D eigenvalue weighted by molar-refractivity contribution is -0.123. The second-order valence-corrected chi connectivity index (χ2v) is 7.83. The van der Waals surface area contributed by atoms with Crippen molar-refractivity contribution in [3.8, 4) is 0 Å². The number of piperazine rings is 1. The van der Waals surface area contributed by atoms with Gasteiger partial charge in [-0.2, -0.15) is 0 Å².